The Bertz CT molecular complexity index is 1050. The predicted octanol–water partition coefficient (Wildman–Crippen LogP) is 5.21. The van der Waals surface area contributed by atoms with Crippen molar-refractivity contribution < 1.29 is 14.3 Å². The average molecular weight is 417 g/mol. The Morgan fingerprint density at radius 2 is 1.79 bits per heavy atom. The van der Waals surface area contributed by atoms with E-state index in [4.69, 9.17) is 27.9 Å². The lowest BCUT2D eigenvalue weighted by atomic mass is 10.0. The number of benzene rings is 2. The number of anilines is 1. The van der Waals surface area contributed by atoms with E-state index in [1.807, 2.05) is 38.1 Å². The highest BCUT2D eigenvalue weighted by Crippen LogP contribution is 2.25. The van der Waals surface area contributed by atoms with Gasteiger partial charge in [0.1, 0.15) is 0 Å². The van der Waals surface area contributed by atoms with Crippen molar-refractivity contribution in [2.24, 2.45) is 0 Å². The van der Waals surface area contributed by atoms with Gasteiger partial charge in [-0.15, -0.1) is 0 Å². The summed E-state index contributed by atoms with van der Waals surface area (Å²) in [7, 11) is 0. The number of nitrogens with zero attached hydrogens (tertiary/aromatic N) is 1. The summed E-state index contributed by atoms with van der Waals surface area (Å²) in [6, 6.07) is 12.0. The molecule has 1 aromatic heterocycles. The van der Waals surface area contributed by atoms with Gasteiger partial charge in [-0.25, -0.2) is 4.79 Å². The third kappa shape index (κ3) is 4.43. The normalized spacial score (nSPS) is 10.7. The van der Waals surface area contributed by atoms with Gasteiger partial charge in [-0.05, 0) is 43.2 Å². The second kappa shape index (κ2) is 8.59. The van der Waals surface area contributed by atoms with Crippen LogP contribution in [0, 0.1) is 6.92 Å². The van der Waals surface area contributed by atoms with Crippen LogP contribution in [0.4, 0.5) is 5.69 Å². The number of hydrogen-bond acceptors (Lipinski definition) is 4. The minimum absolute atomic E-state index is 0.394. The summed E-state index contributed by atoms with van der Waals surface area (Å²) in [5, 5.41) is 4.09. The molecule has 0 radical (unpaired) electrons. The van der Waals surface area contributed by atoms with E-state index in [9.17, 15) is 9.59 Å². The lowest BCUT2D eigenvalue weighted by Gasteiger charge is -2.13. The van der Waals surface area contributed by atoms with E-state index in [2.05, 4.69) is 10.3 Å². The molecule has 28 heavy (non-hydrogen) atoms. The fourth-order valence-electron chi connectivity index (χ4n) is 2.99. The molecule has 0 atom stereocenters. The number of carbonyl (C=O) groups is 2. The first-order valence-electron chi connectivity index (χ1n) is 8.70. The van der Waals surface area contributed by atoms with Gasteiger partial charge in [0.15, 0.2) is 6.61 Å². The van der Waals surface area contributed by atoms with Crippen LogP contribution in [-0.4, -0.2) is 23.5 Å². The number of nitrogens with one attached hydrogen (secondary N) is 1. The highest BCUT2D eigenvalue weighted by Gasteiger charge is 2.19. The second-order valence-corrected chi connectivity index (χ2v) is 7.08. The number of aromatic nitrogens is 1. The van der Waals surface area contributed by atoms with Gasteiger partial charge in [0.25, 0.3) is 5.91 Å². The molecule has 0 unspecified atom stereocenters. The average Bonchev–Trinajstić information content (AvgIpc) is 2.64. The molecule has 1 heterocycles. The van der Waals surface area contributed by atoms with Crippen LogP contribution in [0.1, 0.15) is 28.5 Å². The molecule has 5 nitrogen and oxygen atoms in total. The molecular formula is C21H18Cl2N2O3. The van der Waals surface area contributed by atoms with Crippen LogP contribution in [0.2, 0.25) is 10.0 Å². The number of halogens is 2. The molecule has 2 aromatic carbocycles. The molecule has 1 N–H and O–H groups in total. The molecule has 3 rings (SSSR count). The summed E-state index contributed by atoms with van der Waals surface area (Å²) in [5.41, 5.74) is 3.16. The van der Waals surface area contributed by atoms with E-state index in [1.54, 1.807) is 18.2 Å². The van der Waals surface area contributed by atoms with Crippen molar-refractivity contribution in [1.82, 2.24) is 4.98 Å². The Morgan fingerprint density at radius 3 is 2.46 bits per heavy atom. The van der Waals surface area contributed by atoms with Crippen LogP contribution in [0.5, 0.6) is 0 Å². The van der Waals surface area contributed by atoms with Gasteiger partial charge < -0.3 is 10.1 Å². The summed E-state index contributed by atoms with van der Waals surface area (Å²) >= 11 is 11.8. The van der Waals surface area contributed by atoms with Gasteiger partial charge >= 0.3 is 5.97 Å². The molecule has 144 valence electrons. The number of aryl methyl sites for hydroxylation is 1. The van der Waals surface area contributed by atoms with Crippen LogP contribution >= 0.6 is 23.2 Å². The minimum Gasteiger partial charge on any atom is -0.452 e. The zero-order valence-corrected chi connectivity index (χ0v) is 16.9. The fourth-order valence-corrected chi connectivity index (χ4v) is 3.52. The van der Waals surface area contributed by atoms with Gasteiger partial charge in [0, 0.05) is 26.8 Å². The second-order valence-electron chi connectivity index (χ2n) is 6.21. The number of rotatable bonds is 5. The molecule has 0 aliphatic carbocycles. The summed E-state index contributed by atoms with van der Waals surface area (Å²) in [6.07, 6.45) is 0.687. The maximum Gasteiger partial charge on any atom is 0.339 e. The highest BCUT2D eigenvalue weighted by molar-refractivity contribution is 6.35. The zero-order valence-electron chi connectivity index (χ0n) is 15.4. The monoisotopic (exact) mass is 416 g/mol. The van der Waals surface area contributed by atoms with Crippen LogP contribution in [-0.2, 0) is 16.0 Å². The van der Waals surface area contributed by atoms with Gasteiger partial charge in [-0.3, -0.25) is 9.78 Å². The van der Waals surface area contributed by atoms with E-state index in [0.717, 1.165) is 16.8 Å². The first-order chi connectivity index (χ1) is 13.4. The van der Waals surface area contributed by atoms with Gasteiger partial charge in [0.2, 0.25) is 0 Å². The summed E-state index contributed by atoms with van der Waals surface area (Å²) in [6.45, 7) is 3.38. The number of hydrogen-bond donors (Lipinski definition) is 1. The van der Waals surface area contributed by atoms with Crippen molar-refractivity contribution in [2.45, 2.75) is 20.3 Å². The standard InChI is InChI=1S/C21H18Cl2N2O3/c1-3-17-12(2)20(16-6-4-5-7-18(16)25-17)21(27)28-11-19(26)24-15-9-13(22)8-14(23)10-15/h4-10H,3,11H2,1-2H3,(H,24,26). The molecule has 0 fully saturated rings. The maximum absolute atomic E-state index is 12.7. The topological polar surface area (TPSA) is 68.3 Å². The van der Waals surface area contributed by atoms with Crippen LogP contribution < -0.4 is 5.32 Å². The van der Waals surface area contributed by atoms with Crippen molar-refractivity contribution >= 4 is 51.7 Å². The van der Waals surface area contributed by atoms with Crippen LogP contribution in [0.25, 0.3) is 10.9 Å². The Hall–Kier alpha value is -2.63. The highest BCUT2D eigenvalue weighted by atomic mass is 35.5. The molecule has 0 saturated heterocycles. The Balaban J connectivity index is 1.78. The number of pyridine rings is 1. The largest absolute Gasteiger partial charge is 0.452 e. The third-order valence-electron chi connectivity index (χ3n) is 4.26. The fraction of sp³-hybridized carbons (Fsp3) is 0.190. The minimum atomic E-state index is -0.565. The third-order valence-corrected chi connectivity index (χ3v) is 4.69. The molecule has 0 aliphatic rings. The van der Waals surface area contributed by atoms with Crippen molar-refractivity contribution in [3.8, 4) is 0 Å². The van der Waals surface area contributed by atoms with E-state index >= 15 is 0 Å². The van der Waals surface area contributed by atoms with Gasteiger partial charge in [-0.2, -0.15) is 0 Å². The van der Waals surface area contributed by atoms with Crippen molar-refractivity contribution in [3.05, 3.63) is 69.3 Å². The van der Waals surface area contributed by atoms with Crippen molar-refractivity contribution in [1.29, 1.82) is 0 Å². The van der Waals surface area contributed by atoms with E-state index in [1.165, 1.54) is 0 Å². The summed E-state index contributed by atoms with van der Waals surface area (Å²) in [4.78, 5) is 29.5. The number of fused-ring (bicyclic) bond motifs is 1. The van der Waals surface area contributed by atoms with Crippen molar-refractivity contribution in [2.75, 3.05) is 11.9 Å². The van der Waals surface area contributed by atoms with Gasteiger partial charge in [-0.1, -0.05) is 48.3 Å². The van der Waals surface area contributed by atoms with Crippen molar-refractivity contribution in [3.63, 3.8) is 0 Å². The lowest BCUT2D eigenvalue weighted by Crippen LogP contribution is -2.21. The first-order valence-corrected chi connectivity index (χ1v) is 9.46. The smallest absolute Gasteiger partial charge is 0.339 e. The lowest BCUT2D eigenvalue weighted by molar-refractivity contribution is -0.119. The molecule has 3 aromatic rings. The van der Waals surface area contributed by atoms with Gasteiger partial charge in [0.05, 0.1) is 11.1 Å². The molecule has 0 spiro atoms. The van der Waals surface area contributed by atoms with Crippen LogP contribution in [0.3, 0.4) is 0 Å². The quantitative estimate of drug-likeness (QED) is 0.579. The Morgan fingerprint density at radius 1 is 1.11 bits per heavy atom. The Kier molecular flexibility index (Phi) is 6.17. The molecule has 0 saturated carbocycles. The molecule has 7 heteroatoms. The first kappa shape index (κ1) is 20.1. The van der Waals surface area contributed by atoms with E-state index < -0.39 is 18.5 Å². The number of amides is 1. The number of esters is 1. The van der Waals surface area contributed by atoms with E-state index in [0.29, 0.717) is 33.1 Å². The number of ether oxygens (including phenoxy) is 1. The SMILES string of the molecule is CCc1nc2ccccc2c(C(=O)OCC(=O)Nc2cc(Cl)cc(Cl)c2)c1C. The maximum atomic E-state index is 12.7. The summed E-state index contributed by atoms with van der Waals surface area (Å²) < 4.78 is 5.27. The molecule has 0 bridgehead atoms. The molecule has 0 aliphatic heterocycles. The number of para-hydroxylation sites is 1. The zero-order chi connectivity index (χ0) is 20.3. The van der Waals surface area contributed by atoms with Crippen LogP contribution in [0.15, 0.2) is 42.5 Å². The predicted molar refractivity (Wildman–Crippen MR) is 111 cm³/mol. The molecular weight excluding hydrogens is 399 g/mol. The summed E-state index contributed by atoms with van der Waals surface area (Å²) in [5.74, 6) is -1.05. The van der Waals surface area contributed by atoms with E-state index in [-0.39, 0.29) is 0 Å². The molecule has 1 amide bonds. The number of carbonyl (C=O) groups excluding carboxylic acids is 2. The Labute approximate surface area is 172 Å².